The van der Waals surface area contributed by atoms with Crippen LogP contribution in [0.4, 0.5) is 0 Å². The summed E-state index contributed by atoms with van der Waals surface area (Å²) in [7, 11) is 1.94. The summed E-state index contributed by atoms with van der Waals surface area (Å²) in [5.74, 6) is 0.815. The molecule has 6 nitrogen and oxygen atoms in total. The van der Waals surface area contributed by atoms with Crippen LogP contribution < -0.4 is 5.32 Å². The lowest BCUT2D eigenvalue weighted by molar-refractivity contribution is 0.0698. The number of amides is 1. The maximum absolute atomic E-state index is 12.5. The predicted octanol–water partition coefficient (Wildman–Crippen LogP) is 1.93. The number of halogens is 2. The van der Waals surface area contributed by atoms with E-state index < -0.39 is 0 Å². The van der Waals surface area contributed by atoms with Crippen molar-refractivity contribution in [2.75, 3.05) is 20.1 Å². The van der Waals surface area contributed by atoms with Gasteiger partial charge in [-0.25, -0.2) is 9.97 Å². The molecular formula is C15H21Cl2N5O. The van der Waals surface area contributed by atoms with E-state index in [0.717, 1.165) is 31.7 Å². The topological polar surface area (TPSA) is 63.1 Å². The molecule has 23 heavy (non-hydrogen) atoms. The van der Waals surface area contributed by atoms with Gasteiger partial charge in [-0.05, 0) is 32.0 Å². The quantitative estimate of drug-likeness (QED) is 0.911. The number of imidazole rings is 1. The zero-order valence-corrected chi connectivity index (χ0v) is 14.5. The maximum Gasteiger partial charge on any atom is 0.255 e. The van der Waals surface area contributed by atoms with Crippen molar-refractivity contribution in [2.24, 2.45) is 0 Å². The van der Waals surface area contributed by atoms with Gasteiger partial charge in [0.15, 0.2) is 0 Å². The van der Waals surface area contributed by atoms with Crippen molar-refractivity contribution in [3.8, 4) is 5.82 Å². The second kappa shape index (κ2) is 8.86. The van der Waals surface area contributed by atoms with Crippen LogP contribution in [-0.4, -0.2) is 51.5 Å². The van der Waals surface area contributed by atoms with Gasteiger partial charge in [0.1, 0.15) is 12.1 Å². The highest BCUT2D eigenvalue weighted by atomic mass is 35.5. The number of carbonyl (C=O) groups excluding carboxylic acids is 1. The van der Waals surface area contributed by atoms with E-state index in [0.29, 0.717) is 11.6 Å². The summed E-state index contributed by atoms with van der Waals surface area (Å²) in [6.45, 7) is 1.58. The van der Waals surface area contributed by atoms with Gasteiger partial charge in [-0.2, -0.15) is 0 Å². The zero-order valence-electron chi connectivity index (χ0n) is 12.9. The first kappa shape index (κ1) is 19.4. The molecule has 1 saturated heterocycles. The van der Waals surface area contributed by atoms with Crippen molar-refractivity contribution in [3.05, 3.63) is 42.6 Å². The Balaban J connectivity index is 0.00000132. The van der Waals surface area contributed by atoms with Gasteiger partial charge in [0.05, 0.1) is 5.56 Å². The number of pyridine rings is 1. The van der Waals surface area contributed by atoms with Crippen molar-refractivity contribution < 1.29 is 4.79 Å². The molecule has 1 amide bonds. The molecular weight excluding hydrogens is 337 g/mol. The number of carbonyl (C=O) groups is 1. The van der Waals surface area contributed by atoms with Crippen molar-refractivity contribution >= 4 is 30.7 Å². The average molecular weight is 358 g/mol. The van der Waals surface area contributed by atoms with Crippen LogP contribution in [0.15, 0.2) is 37.1 Å². The highest BCUT2D eigenvalue weighted by Gasteiger charge is 2.23. The van der Waals surface area contributed by atoms with Crippen LogP contribution in [-0.2, 0) is 0 Å². The normalized spacial score (nSPS) is 17.1. The molecule has 0 radical (unpaired) electrons. The molecule has 8 heteroatoms. The van der Waals surface area contributed by atoms with E-state index in [-0.39, 0.29) is 30.7 Å². The van der Waals surface area contributed by atoms with E-state index in [9.17, 15) is 4.79 Å². The van der Waals surface area contributed by atoms with Crippen LogP contribution in [0.25, 0.3) is 5.82 Å². The van der Waals surface area contributed by atoms with Gasteiger partial charge >= 0.3 is 0 Å². The van der Waals surface area contributed by atoms with Crippen molar-refractivity contribution in [1.29, 1.82) is 0 Å². The molecule has 1 aliphatic rings. The summed E-state index contributed by atoms with van der Waals surface area (Å²) in [6.07, 6.45) is 9.01. The molecule has 0 aromatic carbocycles. The van der Waals surface area contributed by atoms with E-state index in [1.807, 2.05) is 34.8 Å². The summed E-state index contributed by atoms with van der Waals surface area (Å²) in [5, 5.41) is 3.25. The smallest absolute Gasteiger partial charge is 0.255 e. The molecule has 2 aromatic rings. The standard InChI is InChI=1S/C15H19N5O.2ClH/c1-16-13-3-2-7-19(10-13)15(21)12-4-5-14(18-9-12)20-8-6-17-11-20;;/h4-6,8-9,11,13,16H,2-3,7,10H2,1H3;2*1H. The Kier molecular flexibility index (Phi) is 7.48. The first-order chi connectivity index (χ1) is 10.3. The second-order valence-electron chi connectivity index (χ2n) is 5.25. The third kappa shape index (κ3) is 4.43. The number of hydrogen-bond acceptors (Lipinski definition) is 4. The van der Waals surface area contributed by atoms with Crippen LogP contribution in [0.1, 0.15) is 23.2 Å². The van der Waals surface area contributed by atoms with Gasteiger partial charge in [0, 0.05) is 37.7 Å². The molecule has 2 aromatic heterocycles. The lowest BCUT2D eigenvalue weighted by atomic mass is 10.1. The molecule has 0 bridgehead atoms. The number of likely N-dealkylation sites (tertiary alicyclic amines) is 1. The van der Waals surface area contributed by atoms with Crippen molar-refractivity contribution in [2.45, 2.75) is 18.9 Å². The fraction of sp³-hybridized carbons (Fsp3) is 0.400. The van der Waals surface area contributed by atoms with Crippen LogP contribution in [0, 0.1) is 0 Å². The molecule has 0 saturated carbocycles. The number of rotatable bonds is 3. The van der Waals surface area contributed by atoms with Crippen LogP contribution in [0.3, 0.4) is 0 Å². The molecule has 1 atom stereocenters. The molecule has 1 aliphatic heterocycles. The Morgan fingerprint density at radius 3 is 2.78 bits per heavy atom. The van der Waals surface area contributed by atoms with Gasteiger partial charge in [-0.15, -0.1) is 24.8 Å². The van der Waals surface area contributed by atoms with Gasteiger partial charge < -0.3 is 10.2 Å². The van der Waals surface area contributed by atoms with Crippen molar-refractivity contribution in [3.63, 3.8) is 0 Å². The van der Waals surface area contributed by atoms with Crippen LogP contribution in [0.2, 0.25) is 0 Å². The maximum atomic E-state index is 12.5. The number of nitrogens with one attached hydrogen (secondary N) is 1. The Morgan fingerprint density at radius 2 is 2.17 bits per heavy atom. The third-order valence-electron chi connectivity index (χ3n) is 3.88. The minimum atomic E-state index is 0. The molecule has 3 heterocycles. The van der Waals surface area contributed by atoms with E-state index in [1.54, 1.807) is 18.7 Å². The van der Waals surface area contributed by atoms with E-state index in [4.69, 9.17) is 0 Å². The fourth-order valence-electron chi connectivity index (χ4n) is 2.64. The first-order valence-corrected chi connectivity index (χ1v) is 7.19. The first-order valence-electron chi connectivity index (χ1n) is 7.19. The Bertz CT molecular complexity index is 603. The summed E-state index contributed by atoms with van der Waals surface area (Å²) < 4.78 is 1.81. The number of aromatic nitrogens is 3. The van der Waals surface area contributed by atoms with Gasteiger partial charge in [-0.1, -0.05) is 0 Å². The molecule has 1 N–H and O–H groups in total. The molecule has 126 valence electrons. The minimum absolute atomic E-state index is 0. The summed E-state index contributed by atoms with van der Waals surface area (Å²) in [5.41, 5.74) is 0.635. The van der Waals surface area contributed by atoms with Gasteiger partial charge in [-0.3, -0.25) is 9.36 Å². The monoisotopic (exact) mass is 357 g/mol. The lowest BCUT2D eigenvalue weighted by Gasteiger charge is -2.32. The number of likely N-dealkylation sites (N-methyl/N-ethyl adjacent to an activating group) is 1. The van der Waals surface area contributed by atoms with Crippen molar-refractivity contribution in [1.82, 2.24) is 24.8 Å². The highest BCUT2D eigenvalue weighted by Crippen LogP contribution is 2.14. The Labute approximate surface area is 148 Å². The van der Waals surface area contributed by atoms with E-state index in [1.165, 1.54) is 0 Å². The minimum Gasteiger partial charge on any atom is -0.337 e. The second-order valence-corrected chi connectivity index (χ2v) is 5.25. The van der Waals surface area contributed by atoms with Gasteiger partial charge in [0.25, 0.3) is 5.91 Å². The highest BCUT2D eigenvalue weighted by molar-refractivity contribution is 5.94. The van der Waals surface area contributed by atoms with E-state index in [2.05, 4.69) is 15.3 Å². The molecule has 3 rings (SSSR count). The average Bonchev–Trinajstić information content (AvgIpc) is 3.09. The number of hydrogen-bond donors (Lipinski definition) is 1. The summed E-state index contributed by atoms with van der Waals surface area (Å²) in [6, 6.07) is 4.06. The largest absolute Gasteiger partial charge is 0.337 e. The Hall–Kier alpha value is -1.63. The zero-order chi connectivity index (χ0) is 14.7. The summed E-state index contributed by atoms with van der Waals surface area (Å²) in [4.78, 5) is 22.7. The fourth-order valence-corrected chi connectivity index (χ4v) is 2.64. The number of piperidine rings is 1. The predicted molar refractivity (Wildman–Crippen MR) is 93.8 cm³/mol. The summed E-state index contributed by atoms with van der Waals surface area (Å²) >= 11 is 0. The number of nitrogens with zero attached hydrogens (tertiary/aromatic N) is 4. The van der Waals surface area contributed by atoms with Gasteiger partial charge in [0.2, 0.25) is 0 Å². The Morgan fingerprint density at radius 1 is 1.35 bits per heavy atom. The third-order valence-corrected chi connectivity index (χ3v) is 3.88. The van der Waals surface area contributed by atoms with Crippen LogP contribution >= 0.6 is 24.8 Å². The lowest BCUT2D eigenvalue weighted by Crippen LogP contribution is -2.46. The molecule has 1 unspecified atom stereocenters. The molecule has 0 spiro atoms. The molecule has 0 aliphatic carbocycles. The SMILES string of the molecule is CNC1CCCN(C(=O)c2ccc(-n3ccnc3)nc2)C1.Cl.Cl. The molecule has 1 fully saturated rings. The van der Waals surface area contributed by atoms with Crippen LogP contribution in [0.5, 0.6) is 0 Å². The van der Waals surface area contributed by atoms with E-state index >= 15 is 0 Å².